The van der Waals surface area contributed by atoms with E-state index in [1.54, 1.807) is 12.4 Å². The summed E-state index contributed by atoms with van der Waals surface area (Å²) < 4.78 is 5.28. The highest BCUT2D eigenvalue weighted by Gasteiger charge is 2.14. The molecule has 0 aliphatic rings. The summed E-state index contributed by atoms with van der Waals surface area (Å²) in [6.07, 6.45) is 3.37. The summed E-state index contributed by atoms with van der Waals surface area (Å²) in [6.45, 7) is 6.64. The lowest BCUT2D eigenvalue weighted by atomic mass is 10.1. The zero-order valence-corrected chi connectivity index (χ0v) is 16.0. The first-order valence-corrected chi connectivity index (χ1v) is 8.71. The van der Waals surface area contributed by atoms with E-state index in [1.807, 2.05) is 44.9 Å². The Morgan fingerprint density at radius 1 is 1.22 bits per heavy atom. The molecule has 0 saturated carbocycles. The lowest BCUT2D eigenvalue weighted by molar-refractivity contribution is -0.117. The third-order valence-electron chi connectivity index (χ3n) is 4.15. The molecule has 0 spiro atoms. The number of likely N-dealkylation sites (N-methyl/N-ethyl adjacent to an activating group) is 1. The van der Waals surface area contributed by atoms with E-state index < -0.39 is 0 Å². The summed E-state index contributed by atoms with van der Waals surface area (Å²) in [5, 5.41) is 6.96. The first-order valence-electron chi connectivity index (χ1n) is 8.71. The predicted octanol–water partition coefficient (Wildman–Crippen LogP) is 3.13. The zero-order chi connectivity index (χ0) is 19.4. The van der Waals surface area contributed by atoms with Crippen LogP contribution in [0.4, 0.5) is 5.69 Å². The molecule has 1 amide bonds. The predicted molar refractivity (Wildman–Crippen MR) is 103 cm³/mol. The molecule has 0 unspecified atom stereocenters. The Kier molecular flexibility index (Phi) is 5.61. The lowest BCUT2D eigenvalue weighted by Crippen LogP contribution is -2.30. The van der Waals surface area contributed by atoms with Gasteiger partial charge in [-0.3, -0.25) is 14.7 Å². The van der Waals surface area contributed by atoms with Crippen LogP contribution < -0.4 is 5.32 Å². The summed E-state index contributed by atoms with van der Waals surface area (Å²) >= 11 is 0. The van der Waals surface area contributed by atoms with Crippen molar-refractivity contribution in [3.63, 3.8) is 0 Å². The molecule has 140 valence electrons. The molecule has 1 aromatic carbocycles. The van der Waals surface area contributed by atoms with Crippen LogP contribution in [0.5, 0.6) is 0 Å². The second-order valence-corrected chi connectivity index (χ2v) is 6.75. The maximum atomic E-state index is 12.4. The number of nitrogens with one attached hydrogen (secondary N) is 1. The van der Waals surface area contributed by atoms with Gasteiger partial charge in [0.15, 0.2) is 0 Å². The van der Waals surface area contributed by atoms with Crippen LogP contribution >= 0.6 is 0 Å². The van der Waals surface area contributed by atoms with Crippen molar-refractivity contribution in [1.82, 2.24) is 20.0 Å². The van der Waals surface area contributed by atoms with E-state index in [2.05, 4.69) is 32.6 Å². The molecule has 7 nitrogen and oxygen atoms in total. The van der Waals surface area contributed by atoms with Crippen molar-refractivity contribution in [2.24, 2.45) is 0 Å². The van der Waals surface area contributed by atoms with Crippen molar-refractivity contribution in [3.05, 3.63) is 59.2 Å². The highest BCUT2D eigenvalue weighted by atomic mass is 16.5. The van der Waals surface area contributed by atoms with Gasteiger partial charge in [-0.2, -0.15) is 4.98 Å². The number of benzene rings is 1. The molecule has 2 aromatic heterocycles. The Balaban J connectivity index is 1.59. The minimum atomic E-state index is -0.0837. The molecule has 2 heterocycles. The standard InChI is InChI=1S/C20H23N5O2/c1-13-8-14(2)19(15(3)9-13)22-17(26)11-25(4)12-18-23-20(24-27-18)16-6-5-7-21-10-16/h5-10H,11-12H2,1-4H3,(H,22,26). The number of nitrogens with zero attached hydrogens (tertiary/aromatic N) is 4. The number of carbonyl (C=O) groups excluding carboxylic acids is 1. The smallest absolute Gasteiger partial charge is 0.241 e. The fraction of sp³-hybridized carbons (Fsp3) is 0.300. The monoisotopic (exact) mass is 365 g/mol. The highest BCUT2D eigenvalue weighted by Crippen LogP contribution is 2.22. The number of rotatable bonds is 6. The fourth-order valence-electron chi connectivity index (χ4n) is 3.02. The molecule has 0 saturated heterocycles. The molecule has 3 rings (SSSR count). The number of pyridine rings is 1. The van der Waals surface area contributed by atoms with Gasteiger partial charge >= 0.3 is 0 Å². The van der Waals surface area contributed by atoms with Gasteiger partial charge in [-0.1, -0.05) is 22.9 Å². The molecule has 27 heavy (non-hydrogen) atoms. The van der Waals surface area contributed by atoms with Gasteiger partial charge < -0.3 is 9.84 Å². The van der Waals surface area contributed by atoms with Gasteiger partial charge in [0.1, 0.15) is 0 Å². The SMILES string of the molecule is Cc1cc(C)c(NC(=O)CN(C)Cc2nc(-c3cccnc3)no2)c(C)c1. The van der Waals surface area contributed by atoms with Gasteiger partial charge in [0, 0.05) is 23.6 Å². The summed E-state index contributed by atoms with van der Waals surface area (Å²) in [4.78, 5) is 22.6. The molecule has 0 aliphatic carbocycles. The van der Waals surface area contributed by atoms with Crippen LogP contribution in [0.3, 0.4) is 0 Å². The lowest BCUT2D eigenvalue weighted by Gasteiger charge is -2.16. The quantitative estimate of drug-likeness (QED) is 0.722. The summed E-state index contributed by atoms with van der Waals surface area (Å²) in [5.41, 5.74) is 4.96. The van der Waals surface area contributed by atoms with Gasteiger partial charge in [-0.25, -0.2) is 0 Å². The topological polar surface area (TPSA) is 84.2 Å². The Morgan fingerprint density at radius 2 is 1.96 bits per heavy atom. The van der Waals surface area contributed by atoms with Gasteiger partial charge in [-0.15, -0.1) is 0 Å². The number of hydrogen-bond donors (Lipinski definition) is 1. The highest BCUT2D eigenvalue weighted by molar-refractivity contribution is 5.93. The molecule has 0 bridgehead atoms. The first-order chi connectivity index (χ1) is 12.9. The molecule has 3 aromatic rings. The number of aromatic nitrogens is 3. The maximum absolute atomic E-state index is 12.4. The van der Waals surface area contributed by atoms with Crippen LogP contribution in [0.1, 0.15) is 22.6 Å². The van der Waals surface area contributed by atoms with Crippen LogP contribution in [-0.4, -0.2) is 39.5 Å². The van der Waals surface area contributed by atoms with Gasteiger partial charge in [0.05, 0.1) is 13.1 Å². The van der Waals surface area contributed by atoms with Crippen molar-refractivity contribution in [3.8, 4) is 11.4 Å². The van der Waals surface area contributed by atoms with E-state index in [9.17, 15) is 4.79 Å². The Labute approximate surface area is 158 Å². The van der Waals surface area contributed by atoms with E-state index in [0.29, 0.717) is 18.3 Å². The Hall–Kier alpha value is -3.06. The number of anilines is 1. The Morgan fingerprint density at radius 3 is 2.63 bits per heavy atom. The molecule has 0 radical (unpaired) electrons. The van der Waals surface area contributed by atoms with E-state index in [4.69, 9.17) is 4.52 Å². The molecule has 0 aliphatic heterocycles. The molecule has 0 fully saturated rings. The maximum Gasteiger partial charge on any atom is 0.241 e. The molecular weight excluding hydrogens is 342 g/mol. The van der Waals surface area contributed by atoms with E-state index >= 15 is 0 Å². The van der Waals surface area contributed by atoms with Crippen molar-refractivity contribution in [1.29, 1.82) is 0 Å². The number of hydrogen-bond acceptors (Lipinski definition) is 6. The van der Waals surface area contributed by atoms with Crippen molar-refractivity contribution in [2.45, 2.75) is 27.3 Å². The minimum Gasteiger partial charge on any atom is -0.338 e. The van der Waals surface area contributed by atoms with Crippen LogP contribution in [-0.2, 0) is 11.3 Å². The van der Waals surface area contributed by atoms with E-state index in [-0.39, 0.29) is 12.5 Å². The number of carbonyl (C=O) groups is 1. The van der Waals surface area contributed by atoms with Crippen molar-refractivity contribution < 1.29 is 9.32 Å². The average molecular weight is 365 g/mol. The van der Waals surface area contributed by atoms with Crippen LogP contribution in [0.15, 0.2) is 41.2 Å². The van der Waals surface area contributed by atoms with Crippen LogP contribution in [0.2, 0.25) is 0 Å². The number of amides is 1. The van der Waals surface area contributed by atoms with Gasteiger partial charge in [0.2, 0.25) is 17.6 Å². The second-order valence-electron chi connectivity index (χ2n) is 6.75. The third-order valence-corrected chi connectivity index (χ3v) is 4.15. The van der Waals surface area contributed by atoms with Crippen molar-refractivity contribution >= 4 is 11.6 Å². The van der Waals surface area contributed by atoms with Gasteiger partial charge in [-0.05, 0) is 51.1 Å². The zero-order valence-electron chi connectivity index (χ0n) is 16.0. The first kappa shape index (κ1) is 18.7. The summed E-state index contributed by atoms with van der Waals surface area (Å²) in [7, 11) is 1.84. The van der Waals surface area contributed by atoms with Crippen LogP contribution in [0.25, 0.3) is 11.4 Å². The fourth-order valence-corrected chi connectivity index (χ4v) is 3.02. The molecule has 7 heteroatoms. The molecule has 0 atom stereocenters. The largest absolute Gasteiger partial charge is 0.338 e. The second kappa shape index (κ2) is 8.09. The molecule has 1 N–H and O–H groups in total. The van der Waals surface area contributed by atoms with Crippen molar-refractivity contribution in [2.75, 3.05) is 18.9 Å². The summed E-state index contributed by atoms with van der Waals surface area (Å²) in [6, 6.07) is 7.80. The van der Waals surface area contributed by atoms with E-state index in [0.717, 1.165) is 22.4 Å². The number of aryl methyl sites for hydroxylation is 3. The third kappa shape index (κ3) is 4.77. The average Bonchev–Trinajstić information content (AvgIpc) is 3.07. The van der Waals surface area contributed by atoms with Gasteiger partial charge in [0.25, 0.3) is 0 Å². The Bertz CT molecular complexity index is 914. The molecular formula is C20H23N5O2. The summed E-state index contributed by atoms with van der Waals surface area (Å²) in [5.74, 6) is 0.855. The van der Waals surface area contributed by atoms with E-state index in [1.165, 1.54) is 5.56 Å². The minimum absolute atomic E-state index is 0.0837. The van der Waals surface area contributed by atoms with Crippen LogP contribution in [0, 0.1) is 20.8 Å². The normalized spacial score (nSPS) is 11.0.